The molecule has 0 unspecified atom stereocenters. The van der Waals surface area contributed by atoms with E-state index in [1.165, 1.54) is 8.66 Å². The van der Waals surface area contributed by atoms with Crippen LogP contribution in [-0.2, 0) is 6.42 Å². The first-order valence-electron chi connectivity index (χ1n) is 6.21. The normalized spacial score (nSPS) is 12.6. The first-order valence-corrected chi connectivity index (χ1v) is 7.82. The molecular weight excluding hydrogens is 310 g/mol. The molecule has 0 fully saturated rings. The summed E-state index contributed by atoms with van der Waals surface area (Å²) in [7, 11) is 0. The predicted molar refractivity (Wildman–Crippen MR) is 84.6 cm³/mol. The molecular formula is C13H22BrN3S. The fourth-order valence-electron chi connectivity index (χ4n) is 1.43. The van der Waals surface area contributed by atoms with Crippen LogP contribution in [0.25, 0.3) is 0 Å². The Kier molecular flexibility index (Phi) is 6.15. The molecule has 5 heteroatoms. The molecule has 1 aromatic heterocycles. The van der Waals surface area contributed by atoms with E-state index in [0.29, 0.717) is 0 Å². The molecule has 0 atom stereocenters. The van der Waals surface area contributed by atoms with Gasteiger partial charge < -0.3 is 10.6 Å². The Morgan fingerprint density at radius 1 is 1.39 bits per heavy atom. The molecule has 0 aliphatic carbocycles. The lowest BCUT2D eigenvalue weighted by Gasteiger charge is -2.23. The summed E-state index contributed by atoms with van der Waals surface area (Å²) < 4.78 is 1.18. The quantitative estimate of drug-likeness (QED) is 0.655. The second-order valence-corrected chi connectivity index (χ2v) is 7.64. The Balaban J connectivity index is 2.49. The summed E-state index contributed by atoms with van der Waals surface area (Å²) in [5.41, 5.74) is 0.0347. The molecule has 1 rings (SSSR count). The third-order valence-corrected chi connectivity index (χ3v) is 3.78. The number of nitrogens with zero attached hydrogens (tertiary/aromatic N) is 1. The summed E-state index contributed by atoms with van der Waals surface area (Å²) >= 11 is 5.25. The van der Waals surface area contributed by atoms with Crippen molar-refractivity contribution in [3.8, 4) is 0 Å². The highest BCUT2D eigenvalue weighted by molar-refractivity contribution is 9.11. The summed E-state index contributed by atoms with van der Waals surface area (Å²) in [6.45, 7) is 10.2. The van der Waals surface area contributed by atoms with Crippen LogP contribution in [0.4, 0.5) is 0 Å². The number of halogens is 1. The number of hydrogen-bond donors (Lipinski definition) is 2. The first-order chi connectivity index (χ1) is 8.40. The van der Waals surface area contributed by atoms with Gasteiger partial charge in [-0.15, -0.1) is 11.3 Å². The molecule has 102 valence electrons. The second kappa shape index (κ2) is 7.14. The van der Waals surface area contributed by atoms with Gasteiger partial charge in [-0.25, -0.2) is 0 Å². The fraction of sp³-hybridized carbons (Fsp3) is 0.615. The molecule has 0 aliphatic rings. The molecule has 0 aliphatic heterocycles. The molecule has 2 N–H and O–H groups in total. The van der Waals surface area contributed by atoms with Gasteiger partial charge >= 0.3 is 0 Å². The lowest BCUT2D eigenvalue weighted by Crippen LogP contribution is -2.47. The second-order valence-electron chi connectivity index (χ2n) is 5.09. The van der Waals surface area contributed by atoms with Crippen LogP contribution in [0.1, 0.15) is 32.6 Å². The zero-order valence-electron chi connectivity index (χ0n) is 11.5. The molecule has 0 saturated carbocycles. The van der Waals surface area contributed by atoms with Crippen molar-refractivity contribution >= 4 is 33.2 Å². The van der Waals surface area contributed by atoms with Crippen LogP contribution in [0.5, 0.6) is 0 Å². The molecule has 0 bridgehead atoms. The van der Waals surface area contributed by atoms with Crippen molar-refractivity contribution in [1.29, 1.82) is 0 Å². The highest BCUT2D eigenvalue weighted by Gasteiger charge is 2.11. The number of hydrogen-bond acceptors (Lipinski definition) is 2. The summed E-state index contributed by atoms with van der Waals surface area (Å²) in [6.07, 6.45) is 0.983. The van der Waals surface area contributed by atoms with Gasteiger partial charge in [0, 0.05) is 29.9 Å². The molecule has 0 aromatic carbocycles. The smallest absolute Gasteiger partial charge is 0.191 e. The fourth-order valence-corrected chi connectivity index (χ4v) is 2.90. The zero-order chi connectivity index (χ0) is 13.6. The van der Waals surface area contributed by atoms with Gasteiger partial charge in [-0.05, 0) is 55.8 Å². The lowest BCUT2D eigenvalue weighted by atomic mass is 10.1. The van der Waals surface area contributed by atoms with Gasteiger partial charge in [0.05, 0.1) is 3.79 Å². The van der Waals surface area contributed by atoms with Crippen LogP contribution in [0.2, 0.25) is 0 Å². The van der Waals surface area contributed by atoms with E-state index in [4.69, 9.17) is 0 Å². The molecule has 1 aromatic rings. The third kappa shape index (κ3) is 6.40. The van der Waals surface area contributed by atoms with Crippen LogP contribution < -0.4 is 10.6 Å². The van der Waals surface area contributed by atoms with E-state index in [9.17, 15) is 0 Å². The van der Waals surface area contributed by atoms with Crippen molar-refractivity contribution in [1.82, 2.24) is 10.6 Å². The van der Waals surface area contributed by atoms with Crippen LogP contribution in [0.15, 0.2) is 20.9 Å². The summed E-state index contributed by atoms with van der Waals surface area (Å²) in [4.78, 5) is 5.95. The van der Waals surface area contributed by atoms with Gasteiger partial charge in [-0.1, -0.05) is 0 Å². The molecule has 18 heavy (non-hydrogen) atoms. The van der Waals surface area contributed by atoms with Crippen molar-refractivity contribution in [3.63, 3.8) is 0 Å². The predicted octanol–water partition coefficient (Wildman–Crippen LogP) is 3.41. The Hall–Kier alpha value is -0.550. The van der Waals surface area contributed by atoms with E-state index in [-0.39, 0.29) is 5.54 Å². The lowest BCUT2D eigenvalue weighted by molar-refractivity contribution is 0.501. The van der Waals surface area contributed by atoms with Gasteiger partial charge in [-0.2, -0.15) is 0 Å². The maximum atomic E-state index is 4.59. The van der Waals surface area contributed by atoms with Crippen molar-refractivity contribution in [2.24, 2.45) is 4.99 Å². The minimum Gasteiger partial charge on any atom is -0.357 e. The topological polar surface area (TPSA) is 36.4 Å². The van der Waals surface area contributed by atoms with Crippen molar-refractivity contribution in [3.05, 3.63) is 20.8 Å². The van der Waals surface area contributed by atoms with Gasteiger partial charge in [0.2, 0.25) is 0 Å². The van der Waals surface area contributed by atoms with E-state index < -0.39 is 0 Å². The largest absolute Gasteiger partial charge is 0.357 e. The average molecular weight is 332 g/mol. The molecule has 1 heterocycles. The zero-order valence-corrected chi connectivity index (χ0v) is 13.9. The highest BCUT2D eigenvalue weighted by atomic mass is 79.9. The Bertz CT molecular complexity index is 393. The van der Waals surface area contributed by atoms with Gasteiger partial charge in [0.15, 0.2) is 5.96 Å². The van der Waals surface area contributed by atoms with Crippen molar-refractivity contribution in [2.45, 2.75) is 39.7 Å². The minimum absolute atomic E-state index is 0.0347. The molecule has 0 saturated heterocycles. The summed E-state index contributed by atoms with van der Waals surface area (Å²) in [6, 6.07) is 4.23. The highest BCUT2D eigenvalue weighted by Crippen LogP contribution is 2.22. The third-order valence-electron chi connectivity index (χ3n) is 2.09. The molecule has 0 amide bonds. The summed E-state index contributed by atoms with van der Waals surface area (Å²) in [5, 5.41) is 6.65. The maximum absolute atomic E-state index is 4.59. The standard InChI is InChI=1S/C13H22BrN3S/c1-5-15-12(17-13(2,3)4)16-9-8-10-6-7-11(14)18-10/h6-7H,5,8-9H2,1-4H3,(H2,15,16,17). The number of thiophene rings is 1. The number of nitrogens with one attached hydrogen (secondary N) is 2. The van der Waals surface area contributed by atoms with E-state index >= 15 is 0 Å². The SMILES string of the molecule is CCNC(=NCCc1ccc(Br)s1)NC(C)(C)C. The monoisotopic (exact) mass is 331 g/mol. The Morgan fingerprint density at radius 2 is 2.11 bits per heavy atom. The van der Waals surface area contributed by atoms with E-state index in [2.05, 4.69) is 71.4 Å². The number of rotatable bonds is 4. The van der Waals surface area contributed by atoms with Crippen molar-refractivity contribution in [2.75, 3.05) is 13.1 Å². The minimum atomic E-state index is 0.0347. The van der Waals surface area contributed by atoms with Crippen LogP contribution in [-0.4, -0.2) is 24.6 Å². The first kappa shape index (κ1) is 15.5. The van der Waals surface area contributed by atoms with E-state index in [1.54, 1.807) is 11.3 Å². The Morgan fingerprint density at radius 3 is 2.61 bits per heavy atom. The van der Waals surface area contributed by atoms with Gasteiger partial charge in [-0.3, -0.25) is 4.99 Å². The van der Waals surface area contributed by atoms with Gasteiger partial charge in [0.1, 0.15) is 0 Å². The number of guanidine groups is 1. The Labute approximate surface area is 122 Å². The van der Waals surface area contributed by atoms with Gasteiger partial charge in [0.25, 0.3) is 0 Å². The van der Waals surface area contributed by atoms with Crippen LogP contribution in [0, 0.1) is 0 Å². The number of aliphatic imine (C=N–C) groups is 1. The van der Waals surface area contributed by atoms with Crippen LogP contribution in [0.3, 0.4) is 0 Å². The molecule has 0 spiro atoms. The van der Waals surface area contributed by atoms with Crippen molar-refractivity contribution < 1.29 is 0 Å². The summed E-state index contributed by atoms with van der Waals surface area (Å²) in [5.74, 6) is 0.889. The average Bonchev–Trinajstić information content (AvgIpc) is 2.62. The molecule has 3 nitrogen and oxygen atoms in total. The maximum Gasteiger partial charge on any atom is 0.191 e. The van der Waals surface area contributed by atoms with E-state index in [1.807, 2.05) is 0 Å². The van der Waals surface area contributed by atoms with Crippen LogP contribution >= 0.6 is 27.3 Å². The van der Waals surface area contributed by atoms with E-state index in [0.717, 1.165) is 25.5 Å². The molecule has 0 radical (unpaired) electrons.